The molecule has 0 bridgehead atoms. The molecule has 1 N–H and O–H groups in total. The number of rotatable bonds is 5. The second-order valence-electron chi connectivity index (χ2n) is 5.20. The third kappa shape index (κ3) is 4.30. The van der Waals surface area contributed by atoms with Gasteiger partial charge in [0.1, 0.15) is 6.61 Å². The summed E-state index contributed by atoms with van der Waals surface area (Å²) in [7, 11) is 0. The number of esters is 1. The van der Waals surface area contributed by atoms with Crippen molar-refractivity contribution in [3.8, 4) is 0 Å². The molecule has 0 aromatic heterocycles. The highest BCUT2D eigenvalue weighted by atomic mass is 16.5. The molecule has 0 saturated carbocycles. The predicted molar refractivity (Wildman–Crippen MR) is 88.1 cm³/mol. The quantitative estimate of drug-likeness (QED) is 0.674. The molecule has 0 radical (unpaired) electrons. The number of carboxylic acids is 1. The second-order valence-corrected chi connectivity index (χ2v) is 5.20. The zero-order valence-corrected chi connectivity index (χ0v) is 13.1. The fraction of sp³-hybridized carbons (Fsp3) is 0.158. The maximum Gasteiger partial charge on any atom is 0.336 e. The Bertz CT molecular complexity index is 745. The van der Waals surface area contributed by atoms with Crippen LogP contribution in [0.5, 0.6) is 0 Å². The van der Waals surface area contributed by atoms with E-state index in [4.69, 9.17) is 4.74 Å². The van der Waals surface area contributed by atoms with Gasteiger partial charge in [0.2, 0.25) is 0 Å². The predicted octanol–water partition coefficient (Wildman–Crippen LogP) is 3.76. The number of carbonyl (C=O) groups excluding carboxylic acids is 1. The van der Waals surface area contributed by atoms with Crippen molar-refractivity contribution in [3.05, 3.63) is 76.4 Å². The Labute approximate surface area is 135 Å². The van der Waals surface area contributed by atoms with Gasteiger partial charge < -0.3 is 9.84 Å². The van der Waals surface area contributed by atoms with Crippen molar-refractivity contribution in [2.24, 2.45) is 0 Å². The fourth-order valence-corrected chi connectivity index (χ4v) is 2.19. The van der Waals surface area contributed by atoms with E-state index in [0.717, 1.165) is 11.1 Å². The second kappa shape index (κ2) is 7.40. The molecule has 0 spiro atoms. The molecule has 2 aromatic rings. The standard InChI is InChI=1S/C19H18O4/c1-13-8-9-16(18(14(13)2)19(21)22)10-11-17(20)23-12-15-6-4-3-5-7-15/h3-11H,12H2,1-2H3,(H,21,22). The third-order valence-electron chi connectivity index (χ3n) is 3.60. The van der Waals surface area contributed by atoms with Crippen LogP contribution in [0.25, 0.3) is 6.08 Å². The summed E-state index contributed by atoms with van der Waals surface area (Å²) >= 11 is 0. The first-order valence-electron chi connectivity index (χ1n) is 7.21. The Morgan fingerprint density at radius 2 is 1.78 bits per heavy atom. The number of carboxylic acid groups (broad SMARTS) is 1. The van der Waals surface area contributed by atoms with Crippen LogP contribution in [0.2, 0.25) is 0 Å². The molecule has 4 heteroatoms. The summed E-state index contributed by atoms with van der Waals surface area (Å²) in [5, 5.41) is 9.34. The molecule has 0 aliphatic carbocycles. The molecule has 0 unspecified atom stereocenters. The SMILES string of the molecule is Cc1ccc(C=CC(=O)OCc2ccccc2)c(C(=O)O)c1C. The topological polar surface area (TPSA) is 63.6 Å². The van der Waals surface area contributed by atoms with Crippen molar-refractivity contribution in [3.63, 3.8) is 0 Å². The van der Waals surface area contributed by atoms with Crippen LogP contribution in [0.15, 0.2) is 48.5 Å². The monoisotopic (exact) mass is 310 g/mol. The molecule has 0 fully saturated rings. The van der Waals surface area contributed by atoms with Crippen molar-refractivity contribution < 1.29 is 19.4 Å². The van der Waals surface area contributed by atoms with Crippen LogP contribution in [0.4, 0.5) is 0 Å². The Hall–Kier alpha value is -2.88. The Morgan fingerprint density at radius 3 is 2.43 bits per heavy atom. The van der Waals surface area contributed by atoms with E-state index in [1.165, 1.54) is 12.2 Å². The smallest absolute Gasteiger partial charge is 0.336 e. The highest BCUT2D eigenvalue weighted by Crippen LogP contribution is 2.19. The van der Waals surface area contributed by atoms with Gasteiger partial charge in [-0.1, -0.05) is 42.5 Å². The lowest BCUT2D eigenvalue weighted by atomic mass is 9.97. The lowest BCUT2D eigenvalue weighted by molar-refractivity contribution is -0.138. The molecule has 4 nitrogen and oxygen atoms in total. The first kappa shape index (κ1) is 16.5. The minimum atomic E-state index is -1.01. The van der Waals surface area contributed by atoms with Gasteiger partial charge in [-0.15, -0.1) is 0 Å². The van der Waals surface area contributed by atoms with Gasteiger partial charge >= 0.3 is 11.9 Å². The van der Waals surface area contributed by atoms with Crippen LogP contribution in [-0.2, 0) is 16.1 Å². The zero-order valence-electron chi connectivity index (χ0n) is 13.1. The largest absolute Gasteiger partial charge is 0.478 e. The van der Waals surface area contributed by atoms with Gasteiger partial charge in [0.05, 0.1) is 5.56 Å². The van der Waals surface area contributed by atoms with E-state index < -0.39 is 11.9 Å². The summed E-state index contributed by atoms with van der Waals surface area (Å²) < 4.78 is 5.13. The van der Waals surface area contributed by atoms with Crippen LogP contribution in [0.1, 0.15) is 32.6 Å². The maximum absolute atomic E-state index is 11.8. The molecule has 0 heterocycles. The number of aromatic carboxylic acids is 1. The van der Waals surface area contributed by atoms with E-state index in [-0.39, 0.29) is 12.2 Å². The summed E-state index contributed by atoms with van der Waals surface area (Å²) in [6.45, 7) is 3.79. The van der Waals surface area contributed by atoms with E-state index in [9.17, 15) is 14.7 Å². The Morgan fingerprint density at radius 1 is 1.09 bits per heavy atom. The van der Waals surface area contributed by atoms with E-state index in [2.05, 4.69) is 0 Å². The molecule has 2 aromatic carbocycles. The minimum Gasteiger partial charge on any atom is -0.478 e. The first-order chi connectivity index (χ1) is 11.0. The molecule has 118 valence electrons. The zero-order chi connectivity index (χ0) is 16.8. The van der Waals surface area contributed by atoms with Gasteiger partial charge in [-0.3, -0.25) is 0 Å². The average molecular weight is 310 g/mol. The Balaban J connectivity index is 2.09. The summed E-state index contributed by atoms with van der Waals surface area (Å²) in [6.07, 6.45) is 2.72. The molecule has 0 aliphatic rings. The fourth-order valence-electron chi connectivity index (χ4n) is 2.19. The van der Waals surface area contributed by atoms with Crippen LogP contribution < -0.4 is 0 Å². The van der Waals surface area contributed by atoms with Crippen LogP contribution in [0, 0.1) is 13.8 Å². The van der Waals surface area contributed by atoms with Gasteiger partial charge in [-0.05, 0) is 42.2 Å². The van der Waals surface area contributed by atoms with Gasteiger partial charge in [0.25, 0.3) is 0 Å². The molecule has 0 amide bonds. The summed E-state index contributed by atoms with van der Waals surface area (Å²) in [5.74, 6) is -1.52. The number of hydrogen-bond acceptors (Lipinski definition) is 3. The van der Waals surface area contributed by atoms with Gasteiger partial charge in [0, 0.05) is 6.08 Å². The van der Waals surface area contributed by atoms with Crippen molar-refractivity contribution in [2.45, 2.75) is 20.5 Å². The third-order valence-corrected chi connectivity index (χ3v) is 3.60. The van der Waals surface area contributed by atoms with Crippen LogP contribution >= 0.6 is 0 Å². The first-order valence-corrected chi connectivity index (χ1v) is 7.21. The van der Waals surface area contributed by atoms with Gasteiger partial charge in [-0.2, -0.15) is 0 Å². The molecule has 0 saturated heterocycles. The molecule has 0 atom stereocenters. The molecular formula is C19H18O4. The van der Waals surface area contributed by atoms with Crippen molar-refractivity contribution in [2.75, 3.05) is 0 Å². The van der Waals surface area contributed by atoms with Crippen LogP contribution in [0.3, 0.4) is 0 Å². The number of aryl methyl sites for hydroxylation is 1. The van der Waals surface area contributed by atoms with Gasteiger partial charge in [0.15, 0.2) is 0 Å². The van der Waals surface area contributed by atoms with E-state index in [1.807, 2.05) is 43.3 Å². The molecular weight excluding hydrogens is 292 g/mol. The summed E-state index contributed by atoms with van der Waals surface area (Å²) in [5.41, 5.74) is 3.17. The minimum absolute atomic E-state index is 0.183. The van der Waals surface area contributed by atoms with Crippen molar-refractivity contribution >= 4 is 18.0 Å². The van der Waals surface area contributed by atoms with E-state index in [0.29, 0.717) is 11.1 Å². The highest BCUT2D eigenvalue weighted by molar-refractivity contribution is 5.96. The van der Waals surface area contributed by atoms with Crippen LogP contribution in [-0.4, -0.2) is 17.0 Å². The Kier molecular flexibility index (Phi) is 5.31. The lowest BCUT2D eigenvalue weighted by Gasteiger charge is -2.08. The van der Waals surface area contributed by atoms with E-state index in [1.54, 1.807) is 13.0 Å². The molecule has 2 rings (SSSR count). The summed E-state index contributed by atoms with van der Waals surface area (Å²) in [6, 6.07) is 12.9. The van der Waals surface area contributed by atoms with Gasteiger partial charge in [-0.25, -0.2) is 9.59 Å². The number of benzene rings is 2. The molecule has 23 heavy (non-hydrogen) atoms. The normalized spacial score (nSPS) is 10.7. The average Bonchev–Trinajstić information content (AvgIpc) is 2.54. The van der Waals surface area contributed by atoms with E-state index >= 15 is 0 Å². The lowest BCUT2D eigenvalue weighted by Crippen LogP contribution is -2.05. The number of carbonyl (C=O) groups is 2. The van der Waals surface area contributed by atoms with Crippen molar-refractivity contribution in [1.82, 2.24) is 0 Å². The van der Waals surface area contributed by atoms with Crippen molar-refractivity contribution in [1.29, 1.82) is 0 Å². The molecule has 0 aliphatic heterocycles. The number of ether oxygens (including phenoxy) is 1. The number of hydrogen-bond donors (Lipinski definition) is 1. The highest BCUT2D eigenvalue weighted by Gasteiger charge is 2.13. The maximum atomic E-state index is 11.8. The summed E-state index contributed by atoms with van der Waals surface area (Å²) in [4.78, 5) is 23.2.